The number of rotatable bonds is 6. The minimum atomic E-state index is -2.24. The van der Waals surface area contributed by atoms with Crippen LogP contribution in [-0.4, -0.2) is 58.6 Å². The quantitative estimate of drug-likeness (QED) is 0.407. The Morgan fingerprint density at radius 3 is 1.90 bits per heavy atom. The van der Waals surface area contributed by atoms with Gasteiger partial charge in [0.05, 0.1) is 11.1 Å². The molecule has 1 aliphatic carbocycles. The Morgan fingerprint density at radius 1 is 0.871 bits per heavy atom. The van der Waals surface area contributed by atoms with E-state index in [2.05, 4.69) is 0 Å². The zero-order valence-electron chi connectivity index (χ0n) is 16.7. The largest absolute Gasteiger partial charge is 0.463 e. The summed E-state index contributed by atoms with van der Waals surface area (Å²) < 4.78 is 15.6. The van der Waals surface area contributed by atoms with Crippen LogP contribution in [-0.2, 0) is 19.0 Å². The number of benzene rings is 2. The number of aliphatic hydroxyl groups excluding tert-OH is 1. The predicted octanol–water partition coefficient (Wildman–Crippen LogP) is 1.66. The minimum Gasteiger partial charge on any atom is -0.463 e. The van der Waals surface area contributed by atoms with Gasteiger partial charge in [0.2, 0.25) is 0 Å². The Kier molecular flexibility index (Phi) is 6.84. The van der Waals surface area contributed by atoms with Crippen molar-refractivity contribution in [2.75, 3.05) is 6.61 Å². The van der Waals surface area contributed by atoms with Crippen LogP contribution >= 0.6 is 0 Å². The van der Waals surface area contributed by atoms with Gasteiger partial charge >= 0.3 is 17.9 Å². The molecule has 4 atom stereocenters. The molecule has 0 fully saturated rings. The predicted molar refractivity (Wildman–Crippen MR) is 108 cm³/mol. The van der Waals surface area contributed by atoms with Gasteiger partial charge in [-0.15, -0.1) is 0 Å². The molecule has 3 rings (SSSR count). The van der Waals surface area contributed by atoms with E-state index in [-0.39, 0.29) is 11.1 Å². The van der Waals surface area contributed by atoms with Gasteiger partial charge in [0.15, 0.2) is 11.7 Å². The molecule has 2 aromatic carbocycles. The fraction of sp³-hybridized carbons (Fsp3) is 0.261. The molecule has 0 aromatic heterocycles. The van der Waals surface area contributed by atoms with Gasteiger partial charge in [-0.1, -0.05) is 36.4 Å². The van der Waals surface area contributed by atoms with Gasteiger partial charge in [-0.2, -0.15) is 0 Å². The molecule has 1 aliphatic rings. The first-order chi connectivity index (χ1) is 14.8. The van der Waals surface area contributed by atoms with E-state index in [1.807, 2.05) is 0 Å². The van der Waals surface area contributed by atoms with Crippen molar-refractivity contribution in [3.05, 3.63) is 83.9 Å². The molecule has 0 radical (unpaired) electrons. The summed E-state index contributed by atoms with van der Waals surface area (Å²) in [5, 5.41) is 21.9. The van der Waals surface area contributed by atoms with Crippen molar-refractivity contribution in [2.24, 2.45) is 0 Å². The van der Waals surface area contributed by atoms with Crippen LogP contribution < -0.4 is 0 Å². The summed E-state index contributed by atoms with van der Waals surface area (Å²) in [4.78, 5) is 36.1. The van der Waals surface area contributed by atoms with Crippen molar-refractivity contribution < 1.29 is 38.8 Å². The molecule has 2 N–H and O–H groups in total. The van der Waals surface area contributed by atoms with Crippen molar-refractivity contribution in [3.8, 4) is 0 Å². The molecule has 0 aliphatic heterocycles. The molecule has 0 saturated heterocycles. The van der Waals surface area contributed by atoms with Gasteiger partial charge < -0.3 is 24.4 Å². The number of ether oxygens (including phenoxy) is 3. The van der Waals surface area contributed by atoms with Gasteiger partial charge in [0.1, 0.15) is 18.8 Å². The van der Waals surface area contributed by atoms with Crippen LogP contribution in [0.1, 0.15) is 27.6 Å². The van der Waals surface area contributed by atoms with E-state index >= 15 is 0 Å². The number of carbonyl (C=O) groups is 3. The van der Waals surface area contributed by atoms with E-state index in [0.29, 0.717) is 0 Å². The molecule has 31 heavy (non-hydrogen) atoms. The molecular formula is C23H22O8. The van der Waals surface area contributed by atoms with Gasteiger partial charge in [-0.3, -0.25) is 4.79 Å². The third-order valence-corrected chi connectivity index (χ3v) is 4.79. The second kappa shape index (κ2) is 9.55. The molecule has 8 nitrogen and oxygen atoms in total. The molecule has 8 heteroatoms. The molecule has 0 unspecified atom stereocenters. The molecule has 162 valence electrons. The molecule has 0 spiro atoms. The van der Waals surface area contributed by atoms with E-state index in [9.17, 15) is 24.6 Å². The lowest BCUT2D eigenvalue weighted by molar-refractivity contribution is -0.195. The lowest BCUT2D eigenvalue weighted by atomic mass is 9.82. The highest BCUT2D eigenvalue weighted by molar-refractivity contribution is 5.90. The summed E-state index contributed by atoms with van der Waals surface area (Å²) in [5.74, 6) is -2.17. The van der Waals surface area contributed by atoms with E-state index < -0.39 is 48.4 Å². The fourth-order valence-electron chi connectivity index (χ4n) is 3.09. The Hall–Kier alpha value is -3.49. The van der Waals surface area contributed by atoms with Gasteiger partial charge in [0, 0.05) is 6.92 Å². The maximum absolute atomic E-state index is 12.4. The summed E-state index contributed by atoms with van der Waals surface area (Å²) in [5.41, 5.74) is -1.76. The van der Waals surface area contributed by atoms with Crippen LogP contribution in [0, 0.1) is 0 Å². The average Bonchev–Trinajstić information content (AvgIpc) is 2.78. The number of carbonyl (C=O) groups excluding carboxylic acids is 3. The normalized spacial score (nSPS) is 24.8. The lowest BCUT2D eigenvalue weighted by Crippen LogP contribution is -2.62. The van der Waals surface area contributed by atoms with Crippen LogP contribution in [0.5, 0.6) is 0 Å². The first-order valence-corrected chi connectivity index (χ1v) is 9.55. The maximum Gasteiger partial charge on any atom is 0.338 e. The van der Waals surface area contributed by atoms with E-state index in [1.54, 1.807) is 36.4 Å². The summed E-state index contributed by atoms with van der Waals surface area (Å²) >= 11 is 0. The Labute approximate surface area is 178 Å². The first-order valence-electron chi connectivity index (χ1n) is 9.55. The SMILES string of the molecule is CC(=O)OC[C@@]1(O)[C@H](O)[C@@H](OC(=O)c2ccccc2)C=C[C@H]1OC(=O)c1ccccc1. The van der Waals surface area contributed by atoms with Crippen LogP contribution in [0.3, 0.4) is 0 Å². The van der Waals surface area contributed by atoms with Crippen molar-refractivity contribution >= 4 is 17.9 Å². The van der Waals surface area contributed by atoms with E-state index in [1.165, 1.54) is 36.4 Å². The summed E-state index contributed by atoms with van der Waals surface area (Å²) in [6.07, 6.45) is -1.75. The number of hydrogen-bond acceptors (Lipinski definition) is 8. The third-order valence-electron chi connectivity index (χ3n) is 4.79. The zero-order chi connectivity index (χ0) is 22.4. The highest BCUT2D eigenvalue weighted by Crippen LogP contribution is 2.30. The third kappa shape index (κ3) is 5.17. The molecule has 0 amide bonds. The van der Waals surface area contributed by atoms with Crippen molar-refractivity contribution in [1.29, 1.82) is 0 Å². The summed E-state index contributed by atoms with van der Waals surface area (Å²) in [7, 11) is 0. The summed E-state index contributed by atoms with van der Waals surface area (Å²) in [6, 6.07) is 16.2. The second-order valence-corrected chi connectivity index (χ2v) is 7.03. The van der Waals surface area contributed by atoms with Crippen LogP contribution in [0.2, 0.25) is 0 Å². The van der Waals surface area contributed by atoms with E-state index in [4.69, 9.17) is 14.2 Å². The minimum absolute atomic E-state index is 0.234. The Morgan fingerprint density at radius 2 is 1.39 bits per heavy atom. The standard InChI is InChI=1S/C23H22O8/c1-15(24)29-14-23(28)19(31-22(27)17-10-6-3-7-11-17)13-12-18(20(23)25)30-21(26)16-8-4-2-5-9-16/h2-13,18-20,25,28H,14H2,1H3/t18-,19+,20+,23-/m0/s1. The molecule has 2 aromatic rings. The van der Waals surface area contributed by atoms with Gasteiger partial charge in [0.25, 0.3) is 0 Å². The maximum atomic E-state index is 12.4. The van der Waals surface area contributed by atoms with Gasteiger partial charge in [-0.05, 0) is 36.4 Å². The van der Waals surface area contributed by atoms with Crippen LogP contribution in [0.4, 0.5) is 0 Å². The van der Waals surface area contributed by atoms with Gasteiger partial charge in [-0.25, -0.2) is 9.59 Å². The van der Waals surface area contributed by atoms with Crippen LogP contribution in [0.25, 0.3) is 0 Å². The number of esters is 3. The first kappa shape index (κ1) is 22.2. The molecular weight excluding hydrogens is 404 g/mol. The van der Waals surface area contributed by atoms with Crippen molar-refractivity contribution in [3.63, 3.8) is 0 Å². The number of aliphatic hydroxyl groups is 2. The second-order valence-electron chi connectivity index (χ2n) is 7.03. The monoisotopic (exact) mass is 426 g/mol. The molecule has 0 bridgehead atoms. The van der Waals surface area contributed by atoms with Crippen molar-refractivity contribution in [1.82, 2.24) is 0 Å². The Balaban J connectivity index is 1.82. The highest BCUT2D eigenvalue weighted by atomic mass is 16.6. The van der Waals surface area contributed by atoms with Crippen molar-refractivity contribution in [2.45, 2.75) is 30.8 Å². The Bertz CT molecular complexity index is 956. The molecule has 0 saturated carbocycles. The zero-order valence-corrected chi connectivity index (χ0v) is 16.7. The fourth-order valence-corrected chi connectivity index (χ4v) is 3.09. The lowest BCUT2D eigenvalue weighted by Gasteiger charge is -2.42. The highest BCUT2D eigenvalue weighted by Gasteiger charge is 2.52. The smallest absolute Gasteiger partial charge is 0.338 e. The summed E-state index contributed by atoms with van der Waals surface area (Å²) in [6.45, 7) is 0.451. The number of hydrogen-bond donors (Lipinski definition) is 2. The molecule has 0 heterocycles. The average molecular weight is 426 g/mol. The van der Waals surface area contributed by atoms with Crippen LogP contribution in [0.15, 0.2) is 72.8 Å². The topological polar surface area (TPSA) is 119 Å². The van der Waals surface area contributed by atoms with E-state index in [0.717, 1.165) is 6.92 Å².